The molecule has 144 valence electrons. The van der Waals surface area contributed by atoms with E-state index in [-0.39, 0.29) is 46.3 Å². The third kappa shape index (κ3) is 3.36. The molecule has 1 N–H and O–H groups in total. The highest BCUT2D eigenvalue weighted by atomic mass is 19.4. The van der Waals surface area contributed by atoms with Gasteiger partial charge in [-0.2, -0.15) is 18.4 Å². The number of ether oxygens (including phenoxy) is 1. The van der Waals surface area contributed by atoms with Crippen molar-refractivity contribution >= 4 is 16.9 Å². The Kier molecular flexibility index (Phi) is 4.96. The van der Waals surface area contributed by atoms with Crippen molar-refractivity contribution in [3.05, 3.63) is 47.3 Å². The van der Waals surface area contributed by atoms with Gasteiger partial charge in [0.1, 0.15) is 18.4 Å². The molecule has 28 heavy (non-hydrogen) atoms. The molecular formula is C19H13F3N2O4. The van der Waals surface area contributed by atoms with Crippen molar-refractivity contribution < 1.29 is 32.2 Å². The number of nitriles is 1. The smallest absolute Gasteiger partial charge is 0.417 e. The van der Waals surface area contributed by atoms with Gasteiger partial charge in [-0.25, -0.2) is 9.78 Å². The SMILES string of the molecule is Cc1nc2coc(O)c2c(-c2ccccc2C(F)(F)F)c1C(=O)OCCC#N. The minimum absolute atomic E-state index is 0.0775. The number of carbonyl (C=O) groups is 1. The highest BCUT2D eigenvalue weighted by Gasteiger charge is 2.36. The van der Waals surface area contributed by atoms with Gasteiger partial charge in [-0.3, -0.25) is 0 Å². The standard InChI is InChI=1S/C19H13F3N2O4/c1-10-14(17(25)27-8-4-7-23)15(16-13(24-10)9-28-18(16)26)11-5-2-3-6-12(11)19(20,21)22/h2-3,5-6,9,26H,4,8H2,1H3. The fourth-order valence-electron chi connectivity index (χ4n) is 2.93. The molecule has 9 heteroatoms. The van der Waals surface area contributed by atoms with Gasteiger partial charge in [0.2, 0.25) is 0 Å². The summed E-state index contributed by atoms with van der Waals surface area (Å²) >= 11 is 0. The topological polar surface area (TPSA) is 96.3 Å². The number of halogens is 3. The van der Waals surface area contributed by atoms with Crippen molar-refractivity contribution in [2.24, 2.45) is 0 Å². The minimum atomic E-state index is -4.71. The van der Waals surface area contributed by atoms with Gasteiger partial charge in [-0.15, -0.1) is 0 Å². The molecular weight excluding hydrogens is 377 g/mol. The van der Waals surface area contributed by atoms with Crippen LogP contribution in [0.3, 0.4) is 0 Å². The predicted molar refractivity (Wildman–Crippen MR) is 91.4 cm³/mol. The number of aromatic hydroxyl groups is 1. The molecule has 0 amide bonds. The van der Waals surface area contributed by atoms with Crippen LogP contribution in [-0.4, -0.2) is 22.7 Å². The molecule has 2 aromatic heterocycles. The van der Waals surface area contributed by atoms with Crippen LogP contribution in [0.1, 0.15) is 28.0 Å². The monoisotopic (exact) mass is 390 g/mol. The number of carbonyl (C=O) groups excluding carboxylic acids is 1. The number of esters is 1. The predicted octanol–water partition coefficient (Wildman–Crippen LogP) is 4.60. The third-order valence-electron chi connectivity index (χ3n) is 4.06. The van der Waals surface area contributed by atoms with Gasteiger partial charge in [0.25, 0.3) is 5.95 Å². The van der Waals surface area contributed by atoms with E-state index in [1.165, 1.54) is 25.1 Å². The van der Waals surface area contributed by atoms with Gasteiger partial charge in [-0.05, 0) is 18.6 Å². The number of benzene rings is 1. The molecule has 0 aliphatic carbocycles. The summed E-state index contributed by atoms with van der Waals surface area (Å²) in [5.41, 5.74) is -1.55. The molecule has 0 fully saturated rings. The maximum atomic E-state index is 13.6. The Morgan fingerprint density at radius 3 is 2.75 bits per heavy atom. The first-order valence-corrected chi connectivity index (χ1v) is 8.07. The molecule has 0 atom stereocenters. The lowest BCUT2D eigenvalue weighted by Crippen LogP contribution is -2.13. The van der Waals surface area contributed by atoms with Crippen molar-refractivity contribution in [1.82, 2.24) is 4.98 Å². The van der Waals surface area contributed by atoms with E-state index >= 15 is 0 Å². The van der Waals surface area contributed by atoms with Gasteiger partial charge < -0.3 is 14.3 Å². The first kappa shape index (κ1) is 19.2. The van der Waals surface area contributed by atoms with Crippen LogP contribution in [-0.2, 0) is 10.9 Å². The summed E-state index contributed by atoms with van der Waals surface area (Å²) in [6, 6.07) is 6.47. The molecule has 3 aromatic rings. The van der Waals surface area contributed by atoms with E-state index in [1.807, 2.05) is 0 Å². The molecule has 0 bridgehead atoms. The summed E-state index contributed by atoms with van der Waals surface area (Å²) in [6.07, 6.45) is -3.70. The molecule has 0 aliphatic rings. The van der Waals surface area contributed by atoms with Gasteiger partial charge in [0.15, 0.2) is 0 Å². The summed E-state index contributed by atoms with van der Waals surface area (Å²) in [4.78, 5) is 16.7. The first-order chi connectivity index (χ1) is 13.3. The van der Waals surface area contributed by atoms with Crippen molar-refractivity contribution in [2.45, 2.75) is 19.5 Å². The molecule has 0 spiro atoms. The quantitative estimate of drug-likeness (QED) is 0.517. The van der Waals surface area contributed by atoms with Crippen molar-refractivity contribution in [2.75, 3.05) is 6.61 Å². The molecule has 0 saturated heterocycles. The van der Waals surface area contributed by atoms with Gasteiger partial charge >= 0.3 is 12.1 Å². The summed E-state index contributed by atoms with van der Waals surface area (Å²) in [5.74, 6) is -1.62. The number of fused-ring (bicyclic) bond motifs is 1. The number of aromatic nitrogens is 1. The number of nitrogens with zero attached hydrogens (tertiary/aromatic N) is 2. The number of hydrogen-bond acceptors (Lipinski definition) is 6. The minimum Gasteiger partial charge on any atom is -0.480 e. The second kappa shape index (κ2) is 7.23. The molecule has 0 radical (unpaired) electrons. The van der Waals surface area contributed by atoms with Crippen LogP contribution in [0.5, 0.6) is 5.95 Å². The Hall–Kier alpha value is -3.54. The lowest BCUT2D eigenvalue weighted by Gasteiger charge is -2.17. The van der Waals surface area contributed by atoms with Crippen LogP contribution in [0.4, 0.5) is 13.2 Å². The average molecular weight is 390 g/mol. The van der Waals surface area contributed by atoms with Crippen LogP contribution < -0.4 is 0 Å². The summed E-state index contributed by atoms with van der Waals surface area (Å²) < 4.78 is 50.7. The summed E-state index contributed by atoms with van der Waals surface area (Å²) in [5, 5.41) is 18.5. The normalized spacial score (nSPS) is 11.4. The fraction of sp³-hybridized carbons (Fsp3) is 0.211. The summed E-state index contributed by atoms with van der Waals surface area (Å²) in [6.45, 7) is 1.20. The Morgan fingerprint density at radius 2 is 2.07 bits per heavy atom. The van der Waals surface area contributed by atoms with Crippen molar-refractivity contribution in [1.29, 1.82) is 5.26 Å². The Morgan fingerprint density at radius 1 is 1.36 bits per heavy atom. The number of rotatable bonds is 4. The van der Waals surface area contributed by atoms with E-state index in [4.69, 9.17) is 14.4 Å². The third-order valence-corrected chi connectivity index (χ3v) is 4.06. The average Bonchev–Trinajstić information content (AvgIpc) is 3.00. The first-order valence-electron chi connectivity index (χ1n) is 8.07. The van der Waals surface area contributed by atoms with E-state index in [1.54, 1.807) is 6.07 Å². The molecule has 6 nitrogen and oxygen atoms in total. The van der Waals surface area contributed by atoms with E-state index in [0.29, 0.717) is 0 Å². The molecule has 0 unspecified atom stereocenters. The molecule has 3 rings (SSSR count). The molecule has 1 aromatic carbocycles. The molecule has 0 aliphatic heterocycles. The fourth-order valence-corrected chi connectivity index (χ4v) is 2.93. The second-order valence-electron chi connectivity index (χ2n) is 5.84. The van der Waals surface area contributed by atoms with Gasteiger partial charge in [0, 0.05) is 5.56 Å². The Labute approximate surface area is 156 Å². The van der Waals surface area contributed by atoms with E-state index in [0.717, 1.165) is 12.3 Å². The number of aryl methyl sites for hydroxylation is 1. The van der Waals surface area contributed by atoms with E-state index in [2.05, 4.69) is 4.98 Å². The summed E-state index contributed by atoms with van der Waals surface area (Å²) in [7, 11) is 0. The van der Waals surface area contributed by atoms with Crippen LogP contribution in [0.15, 0.2) is 34.9 Å². The number of hydrogen-bond donors (Lipinski definition) is 1. The van der Waals surface area contributed by atoms with Crippen LogP contribution in [0, 0.1) is 18.3 Å². The number of pyridine rings is 1. The van der Waals surface area contributed by atoms with E-state index in [9.17, 15) is 23.1 Å². The van der Waals surface area contributed by atoms with Gasteiger partial charge in [0.05, 0.1) is 34.7 Å². The largest absolute Gasteiger partial charge is 0.480 e. The molecule has 0 saturated carbocycles. The zero-order valence-corrected chi connectivity index (χ0v) is 14.5. The highest BCUT2D eigenvalue weighted by Crippen LogP contribution is 2.44. The Balaban J connectivity index is 2.35. The lowest BCUT2D eigenvalue weighted by molar-refractivity contribution is -0.137. The van der Waals surface area contributed by atoms with Crippen LogP contribution in [0.2, 0.25) is 0 Å². The van der Waals surface area contributed by atoms with E-state index < -0.39 is 23.7 Å². The maximum absolute atomic E-state index is 13.6. The zero-order valence-electron chi connectivity index (χ0n) is 14.5. The maximum Gasteiger partial charge on any atom is 0.417 e. The molecule has 2 heterocycles. The second-order valence-corrected chi connectivity index (χ2v) is 5.84. The number of alkyl halides is 3. The van der Waals surface area contributed by atoms with Gasteiger partial charge in [-0.1, -0.05) is 18.2 Å². The lowest BCUT2D eigenvalue weighted by atomic mass is 9.92. The van der Waals surface area contributed by atoms with Crippen LogP contribution in [0.25, 0.3) is 22.0 Å². The number of furan rings is 1. The Bertz CT molecular complexity index is 1100. The van der Waals surface area contributed by atoms with Crippen molar-refractivity contribution in [3.8, 4) is 23.1 Å². The zero-order chi connectivity index (χ0) is 20.5. The highest BCUT2D eigenvalue weighted by molar-refractivity contribution is 6.09. The van der Waals surface area contributed by atoms with Crippen molar-refractivity contribution in [3.63, 3.8) is 0 Å². The van der Waals surface area contributed by atoms with Crippen LogP contribution >= 0.6 is 0 Å².